The van der Waals surface area contributed by atoms with Gasteiger partial charge in [-0.05, 0) is 36.0 Å². The first-order valence-corrected chi connectivity index (χ1v) is 8.15. The van der Waals surface area contributed by atoms with Gasteiger partial charge in [0.1, 0.15) is 0 Å². The Balaban J connectivity index is 0.000000412. The summed E-state index contributed by atoms with van der Waals surface area (Å²) in [7, 11) is 0. The van der Waals surface area contributed by atoms with E-state index in [1.165, 1.54) is 6.42 Å². The van der Waals surface area contributed by atoms with E-state index < -0.39 is 24.1 Å². The van der Waals surface area contributed by atoms with E-state index in [1.54, 1.807) is 4.90 Å². The number of alkyl halides is 3. The minimum absolute atomic E-state index is 0.0870. The van der Waals surface area contributed by atoms with Crippen LogP contribution in [0.15, 0.2) is 0 Å². The highest BCUT2D eigenvalue weighted by molar-refractivity contribution is 5.73. The van der Waals surface area contributed by atoms with Gasteiger partial charge in [-0.25, -0.2) is 4.79 Å². The Bertz CT molecular complexity index is 547. The molecule has 0 saturated heterocycles. The molecule has 3 N–H and O–H groups in total. The molecule has 3 rings (SSSR count). The Morgan fingerprint density at radius 3 is 1.73 bits per heavy atom. The van der Waals surface area contributed by atoms with Crippen LogP contribution in [0.5, 0.6) is 0 Å². The molecule has 0 amide bonds. The molecule has 10 heteroatoms. The second-order valence-corrected chi connectivity index (χ2v) is 7.52. The highest BCUT2D eigenvalue weighted by Crippen LogP contribution is 2.61. The number of nitrogens with zero attached hydrogens (tertiary/aromatic N) is 1. The molecule has 0 radical (unpaired) electrons. The fraction of sp³-hybridized carbons (Fsp3) is 0.812. The summed E-state index contributed by atoms with van der Waals surface area (Å²) in [6.07, 6.45) is -2.95. The summed E-state index contributed by atoms with van der Waals surface area (Å²) in [4.78, 5) is 32.4. The monoisotopic (exact) mass is 383 g/mol. The van der Waals surface area contributed by atoms with Crippen LogP contribution in [0.2, 0.25) is 0 Å². The van der Waals surface area contributed by atoms with Gasteiger partial charge < -0.3 is 15.3 Å². The zero-order chi connectivity index (χ0) is 20.4. The molecule has 0 aromatic rings. The number of aliphatic carboxylic acids is 3. The van der Waals surface area contributed by atoms with Crippen molar-refractivity contribution in [3.8, 4) is 0 Å². The number of hydrogen-bond donors (Lipinski definition) is 3. The van der Waals surface area contributed by atoms with Crippen LogP contribution < -0.4 is 0 Å². The van der Waals surface area contributed by atoms with Gasteiger partial charge in [0, 0.05) is 6.04 Å². The van der Waals surface area contributed by atoms with Crippen molar-refractivity contribution < 1.29 is 42.9 Å². The van der Waals surface area contributed by atoms with Crippen molar-refractivity contribution in [3.63, 3.8) is 0 Å². The largest absolute Gasteiger partial charge is 0.490 e. The van der Waals surface area contributed by atoms with Crippen LogP contribution in [-0.4, -0.2) is 63.4 Å². The Labute approximate surface area is 148 Å². The van der Waals surface area contributed by atoms with Crippen molar-refractivity contribution in [2.24, 2.45) is 23.2 Å². The van der Waals surface area contributed by atoms with E-state index in [1.807, 2.05) is 0 Å². The van der Waals surface area contributed by atoms with Gasteiger partial charge in [-0.15, -0.1) is 0 Å². The highest BCUT2D eigenvalue weighted by atomic mass is 19.4. The summed E-state index contributed by atoms with van der Waals surface area (Å²) >= 11 is 0. The fourth-order valence-electron chi connectivity index (χ4n) is 4.24. The van der Waals surface area contributed by atoms with Crippen LogP contribution in [0.3, 0.4) is 0 Å². The molecule has 0 aliphatic heterocycles. The lowest BCUT2D eigenvalue weighted by atomic mass is 9.44. The minimum Gasteiger partial charge on any atom is -0.480 e. The molecule has 3 saturated carbocycles. The lowest BCUT2D eigenvalue weighted by Gasteiger charge is -2.63. The van der Waals surface area contributed by atoms with Crippen molar-refractivity contribution in [2.45, 2.75) is 45.8 Å². The first kappa shape index (κ1) is 22.2. The SMILES string of the molecule is CC1C(N(CC(=O)O)CC(=O)O)CC2CC1C2(C)C.O=C(O)C(F)(F)F. The molecular formula is C16H24F3NO6. The van der Waals surface area contributed by atoms with Gasteiger partial charge in [0.15, 0.2) is 0 Å². The second kappa shape index (κ2) is 7.81. The smallest absolute Gasteiger partial charge is 0.480 e. The number of carboxylic acids is 3. The summed E-state index contributed by atoms with van der Waals surface area (Å²) < 4.78 is 31.7. The molecule has 26 heavy (non-hydrogen) atoms. The molecule has 150 valence electrons. The molecule has 0 spiro atoms. The molecule has 2 bridgehead atoms. The standard InChI is InChI=1S/C14H23NO4.C2HF3O2/c1-8-10-4-9(14(10,2)3)5-11(8)15(6-12(16)17)7-13(18)19;3-2(4,5)1(6)7/h8-11H,4-7H2,1-3H3,(H,16,17)(H,18,19);(H,6,7). The predicted octanol–water partition coefficient (Wildman–Crippen LogP) is 2.16. The first-order valence-electron chi connectivity index (χ1n) is 8.15. The Morgan fingerprint density at radius 1 is 1.04 bits per heavy atom. The molecular weight excluding hydrogens is 359 g/mol. The van der Waals surface area contributed by atoms with Crippen LogP contribution in [0, 0.1) is 23.2 Å². The highest BCUT2D eigenvalue weighted by Gasteiger charge is 2.57. The van der Waals surface area contributed by atoms with Crippen LogP contribution >= 0.6 is 0 Å². The predicted molar refractivity (Wildman–Crippen MR) is 83.5 cm³/mol. The van der Waals surface area contributed by atoms with Gasteiger partial charge >= 0.3 is 24.1 Å². The number of carbonyl (C=O) groups is 3. The van der Waals surface area contributed by atoms with Gasteiger partial charge in [-0.3, -0.25) is 14.5 Å². The van der Waals surface area contributed by atoms with Crippen molar-refractivity contribution >= 4 is 17.9 Å². The molecule has 3 aliphatic carbocycles. The van der Waals surface area contributed by atoms with Gasteiger partial charge in [0.2, 0.25) is 0 Å². The summed E-state index contributed by atoms with van der Waals surface area (Å²) in [6.45, 7) is 6.33. The van der Waals surface area contributed by atoms with Gasteiger partial charge in [0.25, 0.3) is 0 Å². The maximum absolute atomic E-state index is 10.9. The quantitative estimate of drug-likeness (QED) is 0.666. The molecule has 0 heterocycles. The van der Waals surface area contributed by atoms with Gasteiger partial charge in [-0.2, -0.15) is 13.2 Å². The molecule has 4 atom stereocenters. The van der Waals surface area contributed by atoms with Crippen molar-refractivity contribution in [1.29, 1.82) is 0 Å². The summed E-state index contributed by atoms with van der Waals surface area (Å²) in [5.74, 6) is -3.12. The minimum atomic E-state index is -5.08. The van der Waals surface area contributed by atoms with Crippen molar-refractivity contribution in [2.75, 3.05) is 13.1 Å². The molecule has 0 aromatic carbocycles. The van der Waals surface area contributed by atoms with E-state index in [-0.39, 0.29) is 19.1 Å². The zero-order valence-electron chi connectivity index (χ0n) is 14.8. The molecule has 4 unspecified atom stereocenters. The Kier molecular flexibility index (Phi) is 6.67. The first-order chi connectivity index (χ1) is 11.7. The number of hydrogen-bond acceptors (Lipinski definition) is 4. The van der Waals surface area contributed by atoms with Gasteiger partial charge in [-0.1, -0.05) is 20.8 Å². The number of halogens is 3. The third kappa shape index (κ3) is 5.09. The van der Waals surface area contributed by atoms with E-state index >= 15 is 0 Å². The average Bonchev–Trinajstić information content (AvgIpc) is 2.44. The number of rotatable bonds is 5. The number of carboxylic acid groups (broad SMARTS) is 3. The molecule has 7 nitrogen and oxygen atoms in total. The third-order valence-electron chi connectivity index (χ3n) is 5.70. The topological polar surface area (TPSA) is 115 Å². The Morgan fingerprint density at radius 2 is 1.46 bits per heavy atom. The van der Waals surface area contributed by atoms with E-state index in [9.17, 15) is 22.8 Å². The van der Waals surface area contributed by atoms with Crippen LogP contribution in [0.25, 0.3) is 0 Å². The fourth-order valence-corrected chi connectivity index (χ4v) is 4.24. The maximum Gasteiger partial charge on any atom is 0.490 e. The van der Waals surface area contributed by atoms with E-state index in [0.29, 0.717) is 23.2 Å². The van der Waals surface area contributed by atoms with Crippen LogP contribution in [-0.2, 0) is 14.4 Å². The normalized spacial score (nSPS) is 29.2. The average molecular weight is 383 g/mol. The number of fused-ring (bicyclic) bond motifs is 2. The second-order valence-electron chi connectivity index (χ2n) is 7.52. The summed E-state index contributed by atoms with van der Waals surface area (Å²) in [5, 5.41) is 25.0. The van der Waals surface area contributed by atoms with E-state index in [2.05, 4.69) is 20.8 Å². The van der Waals surface area contributed by atoms with Crippen LogP contribution in [0.4, 0.5) is 13.2 Å². The van der Waals surface area contributed by atoms with Crippen molar-refractivity contribution in [1.82, 2.24) is 4.90 Å². The third-order valence-corrected chi connectivity index (χ3v) is 5.70. The lowest BCUT2D eigenvalue weighted by Crippen LogP contribution is -2.61. The van der Waals surface area contributed by atoms with Crippen LogP contribution in [0.1, 0.15) is 33.6 Å². The lowest BCUT2D eigenvalue weighted by molar-refractivity contribution is -0.192. The molecule has 0 aromatic heterocycles. The van der Waals surface area contributed by atoms with E-state index in [4.69, 9.17) is 20.1 Å². The van der Waals surface area contributed by atoms with E-state index in [0.717, 1.165) is 6.42 Å². The van der Waals surface area contributed by atoms with Crippen molar-refractivity contribution in [3.05, 3.63) is 0 Å². The van der Waals surface area contributed by atoms with Gasteiger partial charge in [0.05, 0.1) is 13.1 Å². The zero-order valence-corrected chi connectivity index (χ0v) is 14.8. The molecule has 3 aliphatic rings. The molecule has 3 fully saturated rings. The summed E-state index contributed by atoms with van der Waals surface area (Å²) in [5.41, 5.74) is 0.327. The summed E-state index contributed by atoms with van der Waals surface area (Å²) in [6, 6.07) is 0.0870. The maximum atomic E-state index is 10.9. The Hall–Kier alpha value is -1.84.